The van der Waals surface area contributed by atoms with Crippen LogP contribution in [-0.4, -0.2) is 39.9 Å². The van der Waals surface area contributed by atoms with Gasteiger partial charge in [0.1, 0.15) is 11.4 Å². The van der Waals surface area contributed by atoms with E-state index in [-0.39, 0.29) is 16.9 Å². The first kappa shape index (κ1) is 18.4. The Kier molecular flexibility index (Phi) is 4.75. The Morgan fingerprint density at radius 3 is 2.69 bits per heavy atom. The molecule has 140 valence electrons. The summed E-state index contributed by atoms with van der Waals surface area (Å²) in [4.78, 5) is 25.8. The van der Waals surface area contributed by atoms with Crippen molar-refractivity contribution in [2.75, 3.05) is 18.0 Å². The summed E-state index contributed by atoms with van der Waals surface area (Å²) in [6.07, 6.45) is 1.47. The number of halogens is 1. The zero-order chi connectivity index (χ0) is 19.2. The molecule has 2 aromatic rings. The number of benzene rings is 1. The van der Waals surface area contributed by atoms with Crippen LogP contribution in [0.2, 0.25) is 0 Å². The zero-order valence-corrected chi connectivity index (χ0v) is 15.1. The summed E-state index contributed by atoms with van der Waals surface area (Å²) in [6, 6.07) is 1.15. The lowest BCUT2D eigenvalue weighted by atomic mass is 9.95. The molecule has 2 N–H and O–H groups in total. The monoisotopic (exact) mass is 362 g/mol. The van der Waals surface area contributed by atoms with Crippen LogP contribution in [0.25, 0.3) is 10.9 Å². The molecule has 3 rings (SSSR count). The maximum Gasteiger partial charge on any atom is 0.341 e. The van der Waals surface area contributed by atoms with E-state index in [0.29, 0.717) is 42.8 Å². The number of anilines is 1. The number of piperidine rings is 1. The van der Waals surface area contributed by atoms with Gasteiger partial charge in [-0.2, -0.15) is 0 Å². The van der Waals surface area contributed by atoms with Crippen LogP contribution >= 0.6 is 0 Å². The minimum atomic E-state index is -1.32. The van der Waals surface area contributed by atoms with Crippen molar-refractivity contribution in [1.82, 2.24) is 4.57 Å². The average molecular weight is 362 g/mol. The second-order valence-electron chi connectivity index (χ2n) is 6.97. The first-order chi connectivity index (χ1) is 12.3. The van der Waals surface area contributed by atoms with Gasteiger partial charge in [0.15, 0.2) is 0 Å². The quantitative estimate of drug-likeness (QED) is 0.876. The Morgan fingerprint density at radius 2 is 2.12 bits per heavy atom. The van der Waals surface area contributed by atoms with Crippen molar-refractivity contribution in [2.24, 2.45) is 5.92 Å². The van der Waals surface area contributed by atoms with Gasteiger partial charge in [0.05, 0.1) is 17.3 Å². The standard InChI is InChI=1S/C19H23FN2O4/c1-4-21-9-13(19(25)26)18(24)12-7-14(20)17(11(3)16(12)21)22-6-5-15(23)10(2)8-22/h7,9-10,15,23H,4-6,8H2,1-3H3,(H,25,26)/t10-,15-/m0/s1. The van der Waals surface area contributed by atoms with Crippen LogP contribution in [0.15, 0.2) is 17.1 Å². The highest BCUT2D eigenvalue weighted by atomic mass is 19.1. The number of aromatic nitrogens is 1. The van der Waals surface area contributed by atoms with Crippen LogP contribution in [0.4, 0.5) is 10.1 Å². The molecule has 1 aromatic carbocycles. The van der Waals surface area contributed by atoms with Crippen molar-refractivity contribution >= 4 is 22.6 Å². The van der Waals surface area contributed by atoms with E-state index in [2.05, 4.69) is 0 Å². The third-order valence-corrected chi connectivity index (χ3v) is 5.27. The van der Waals surface area contributed by atoms with Gasteiger partial charge in [-0.1, -0.05) is 6.92 Å². The molecule has 26 heavy (non-hydrogen) atoms. The third kappa shape index (κ3) is 2.86. The summed E-state index contributed by atoms with van der Waals surface area (Å²) >= 11 is 0. The number of hydrogen-bond acceptors (Lipinski definition) is 4. The Balaban J connectivity index is 2.27. The lowest BCUT2D eigenvalue weighted by Crippen LogP contribution is -2.42. The van der Waals surface area contributed by atoms with E-state index in [1.165, 1.54) is 6.20 Å². The zero-order valence-electron chi connectivity index (χ0n) is 15.1. The fourth-order valence-electron chi connectivity index (χ4n) is 3.85. The highest BCUT2D eigenvalue weighted by molar-refractivity contribution is 5.95. The van der Waals surface area contributed by atoms with Gasteiger partial charge in [0.25, 0.3) is 0 Å². The van der Waals surface area contributed by atoms with Gasteiger partial charge < -0.3 is 19.7 Å². The topological polar surface area (TPSA) is 82.8 Å². The number of fused-ring (bicyclic) bond motifs is 1. The second kappa shape index (κ2) is 6.72. The molecule has 0 spiro atoms. The van der Waals surface area contributed by atoms with E-state index in [1.54, 1.807) is 11.5 Å². The summed E-state index contributed by atoms with van der Waals surface area (Å²) in [5, 5.41) is 19.3. The molecule has 0 bridgehead atoms. The highest BCUT2D eigenvalue weighted by Crippen LogP contribution is 2.33. The van der Waals surface area contributed by atoms with Crippen LogP contribution in [-0.2, 0) is 6.54 Å². The predicted molar refractivity (Wildman–Crippen MR) is 97.5 cm³/mol. The average Bonchev–Trinajstić information content (AvgIpc) is 2.58. The Morgan fingerprint density at radius 1 is 1.42 bits per heavy atom. The van der Waals surface area contributed by atoms with Gasteiger partial charge in [-0.3, -0.25) is 4.79 Å². The molecule has 1 aliphatic rings. The first-order valence-electron chi connectivity index (χ1n) is 8.78. The van der Waals surface area contributed by atoms with Gasteiger partial charge in [0.2, 0.25) is 5.43 Å². The summed E-state index contributed by atoms with van der Waals surface area (Å²) in [7, 11) is 0. The Bertz CT molecular complexity index is 938. The van der Waals surface area contributed by atoms with Crippen LogP contribution in [0.5, 0.6) is 0 Å². The third-order valence-electron chi connectivity index (χ3n) is 5.27. The normalized spacial score (nSPS) is 20.6. The number of pyridine rings is 1. The van der Waals surface area contributed by atoms with E-state index in [9.17, 15) is 24.2 Å². The molecule has 6 nitrogen and oxygen atoms in total. The Labute approximate surface area is 150 Å². The molecule has 1 aromatic heterocycles. The molecule has 1 fully saturated rings. The number of aryl methyl sites for hydroxylation is 2. The van der Waals surface area contributed by atoms with Gasteiger partial charge >= 0.3 is 5.97 Å². The molecule has 1 aliphatic heterocycles. The Hall–Kier alpha value is -2.41. The van der Waals surface area contributed by atoms with Gasteiger partial charge in [-0.15, -0.1) is 0 Å². The molecule has 2 heterocycles. The molecule has 0 unspecified atom stereocenters. The fourth-order valence-corrected chi connectivity index (χ4v) is 3.85. The number of nitrogens with zero attached hydrogens (tertiary/aromatic N) is 2. The maximum absolute atomic E-state index is 14.9. The number of aliphatic hydroxyl groups excluding tert-OH is 1. The van der Waals surface area contributed by atoms with Crippen molar-refractivity contribution in [3.05, 3.63) is 39.4 Å². The summed E-state index contributed by atoms with van der Waals surface area (Å²) in [6.45, 7) is 7.02. The molecule has 2 atom stereocenters. The van der Waals surface area contributed by atoms with Gasteiger partial charge in [-0.05, 0) is 37.8 Å². The van der Waals surface area contributed by atoms with E-state index >= 15 is 0 Å². The van der Waals surface area contributed by atoms with Crippen LogP contribution in [0.3, 0.4) is 0 Å². The first-order valence-corrected chi connectivity index (χ1v) is 8.78. The molecule has 0 amide bonds. The molecule has 0 saturated carbocycles. The number of aliphatic hydroxyl groups is 1. The number of hydrogen-bond donors (Lipinski definition) is 2. The summed E-state index contributed by atoms with van der Waals surface area (Å²) < 4.78 is 16.6. The van der Waals surface area contributed by atoms with Crippen molar-refractivity contribution < 1.29 is 19.4 Å². The largest absolute Gasteiger partial charge is 0.477 e. The fraction of sp³-hybridized carbons (Fsp3) is 0.474. The SMILES string of the molecule is CCn1cc(C(=O)O)c(=O)c2cc(F)c(N3CC[C@H](O)[C@@H](C)C3)c(C)c21. The summed E-state index contributed by atoms with van der Waals surface area (Å²) in [5.74, 6) is -1.85. The number of carboxylic acid groups (broad SMARTS) is 1. The second-order valence-corrected chi connectivity index (χ2v) is 6.97. The van der Waals surface area contributed by atoms with Gasteiger partial charge in [-0.25, -0.2) is 9.18 Å². The molecule has 0 aliphatic carbocycles. The molecule has 0 radical (unpaired) electrons. The maximum atomic E-state index is 14.9. The lowest BCUT2D eigenvalue weighted by Gasteiger charge is -2.37. The van der Waals surface area contributed by atoms with Crippen molar-refractivity contribution in [3.63, 3.8) is 0 Å². The minimum Gasteiger partial charge on any atom is -0.477 e. The number of rotatable bonds is 3. The highest BCUT2D eigenvalue weighted by Gasteiger charge is 2.28. The predicted octanol–water partition coefficient (Wildman–Crippen LogP) is 2.37. The van der Waals surface area contributed by atoms with Crippen molar-refractivity contribution in [2.45, 2.75) is 39.8 Å². The number of carbonyl (C=O) groups is 1. The van der Waals surface area contributed by atoms with E-state index in [4.69, 9.17) is 0 Å². The van der Waals surface area contributed by atoms with Crippen LogP contribution in [0.1, 0.15) is 36.2 Å². The van der Waals surface area contributed by atoms with E-state index in [1.807, 2.05) is 18.7 Å². The minimum absolute atomic E-state index is 0.0148. The lowest BCUT2D eigenvalue weighted by molar-refractivity contribution is 0.0694. The van der Waals surface area contributed by atoms with Crippen molar-refractivity contribution in [3.8, 4) is 0 Å². The number of carboxylic acids is 1. The van der Waals surface area contributed by atoms with Crippen molar-refractivity contribution in [1.29, 1.82) is 0 Å². The number of aromatic carboxylic acids is 1. The smallest absolute Gasteiger partial charge is 0.341 e. The van der Waals surface area contributed by atoms with E-state index in [0.717, 1.165) is 6.07 Å². The summed E-state index contributed by atoms with van der Waals surface area (Å²) in [5.41, 5.74) is 0.548. The molecule has 1 saturated heterocycles. The molecular formula is C19H23FN2O4. The van der Waals surface area contributed by atoms with Crippen LogP contribution < -0.4 is 10.3 Å². The van der Waals surface area contributed by atoms with Crippen LogP contribution in [0, 0.1) is 18.7 Å². The van der Waals surface area contributed by atoms with Gasteiger partial charge in [0, 0.05) is 31.2 Å². The molecular weight excluding hydrogens is 339 g/mol. The molecule has 7 heteroatoms. The van der Waals surface area contributed by atoms with E-state index < -0.39 is 23.3 Å².